The second kappa shape index (κ2) is 3.90. The van der Waals surface area contributed by atoms with Crippen LogP contribution < -0.4 is 16.6 Å². The molecule has 0 atom stereocenters. The molecule has 1 heterocycles. The van der Waals surface area contributed by atoms with E-state index in [2.05, 4.69) is 20.7 Å². The van der Waals surface area contributed by atoms with E-state index in [-0.39, 0.29) is 0 Å². The summed E-state index contributed by atoms with van der Waals surface area (Å²) < 4.78 is 0. The number of anilines is 2. The molecule has 4 N–H and O–H groups in total. The molecule has 0 spiro atoms. The minimum absolute atomic E-state index is 0.612. The molecule has 0 radical (unpaired) electrons. The fourth-order valence-electron chi connectivity index (χ4n) is 2.22. The van der Waals surface area contributed by atoms with Gasteiger partial charge in [-0.3, -0.25) is 0 Å². The summed E-state index contributed by atoms with van der Waals surface area (Å²) in [5.74, 6) is 8.58. The van der Waals surface area contributed by atoms with Crippen molar-refractivity contribution in [3.63, 3.8) is 0 Å². The first-order valence-electron chi connectivity index (χ1n) is 5.92. The molecule has 86 valence electrons. The van der Waals surface area contributed by atoms with E-state index in [4.69, 9.17) is 5.84 Å². The summed E-state index contributed by atoms with van der Waals surface area (Å²) in [6.07, 6.45) is 6.99. The average Bonchev–Trinajstić information content (AvgIpc) is 3.18. The van der Waals surface area contributed by atoms with Crippen molar-refractivity contribution in [2.75, 3.05) is 10.7 Å². The molecule has 0 unspecified atom stereocenters. The third-order valence-corrected chi connectivity index (χ3v) is 3.39. The van der Waals surface area contributed by atoms with Crippen molar-refractivity contribution in [2.24, 2.45) is 17.7 Å². The Bertz CT molecular complexity index is 360. The summed E-state index contributed by atoms with van der Waals surface area (Å²) in [4.78, 5) is 8.23. The highest BCUT2D eigenvalue weighted by Crippen LogP contribution is 2.45. The molecule has 0 saturated heterocycles. The zero-order valence-electron chi connectivity index (χ0n) is 9.19. The smallest absolute Gasteiger partial charge is 0.145 e. The molecule has 2 aliphatic rings. The standard InChI is InChI=1S/C11H17N5/c12-16-10-5-9(13-6-14-10)15-11(7-1-2-7)8-3-4-8/h5-8,11H,1-4,12H2,(H2,13,14,15,16). The quantitative estimate of drug-likeness (QED) is 0.515. The first-order chi connectivity index (χ1) is 7.86. The van der Waals surface area contributed by atoms with Crippen LogP contribution in [0.4, 0.5) is 11.6 Å². The van der Waals surface area contributed by atoms with Gasteiger partial charge in [-0.05, 0) is 37.5 Å². The summed E-state index contributed by atoms with van der Waals surface area (Å²) in [6, 6.07) is 2.47. The van der Waals surface area contributed by atoms with Crippen molar-refractivity contribution in [1.29, 1.82) is 0 Å². The Kier molecular flexibility index (Phi) is 2.40. The Balaban J connectivity index is 1.70. The molecule has 0 aliphatic heterocycles. The Morgan fingerprint density at radius 2 is 1.75 bits per heavy atom. The number of rotatable bonds is 5. The van der Waals surface area contributed by atoms with Crippen LogP contribution in [0.15, 0.2) is 12.4 Å². The van der Waals surface area contributed by atoms with E-state index in [0.717, 1.165) is 17.7 Å². The van der Waals surface area contributed by atoms with Crippen molar-refractivity contribution in [2.45, 2.75) is 31.7 Å². The Morgan fingerprint density at radius 3 is 2.31 bits per heavy atom. The molecule has 0 aromatic carbocycles. The summed E-state index contributed by atoms with van der Waals surface area (Å²) in [6.45, 7) is 0. The van der Waals surface area contributed by atoms with Crippen LogP contribution in [-0.4, -0.2) is 16.0 Å². The number of hydrogen-bond donors (Lipinski definition) is 3. The van der Waals surface area contributed by atoms with Gasteiger partial charge < -0.3 is 10.7 Å². The van der Waals surface area contributed by atoms with Crippen LogP contribution in [0.2, 0.25) is 0 Å². The van der Waals surface area contributed by atoms with Crippen LogP contribution in [0.1, 0.15) is 25.7 Å². The highest BCUT2D eigenvalue weighted by atomic mass is 15.3. The van der Waals surface area contributed by atoms with Crippen LogP contribution in [0, 0.1) is 11.8 Å². The normalized spacial score (nSPS) is 19.9. The van der Waals surface area contributed by atoms with Gasteiger partial charge in [0.2, 0.25) is 0 Å². The molecule has 16 heavy (non-hydrogen) atoms. The molecule has 2 fully saturated rings. The van der Waals surface area contributed by atoms with E-state index in [1.807, 2.05) is 6.07 Å². The second-order valence-corrected chi connectivity index (χ2v) is 4.78. The van der Waals surface area contributed by atoms with Crippen molar-refractivity contribution < 1.29 is 0 Å². The fraction of sp³-hybridized carbons (Fsp3) is 0.636. The predicted molar refractivity (Wildman–Crippen MR) is 62.7 cm³/mol. The van der Waals surface area contributed by atoms with Gasteiger partial charge >= 0.3 is 0 Å². The lowest BCUT2D eigenvalue weighted by molar-refractivity contribution is 0.565. The Morgan fingerprint density at radius 1 is 1.12 bits per heavy atom. The lowest BCUT2D eigenvalue weighted by Gasteiger charge is -2.18. The van der Waals surface area contributed by atoms with Gasteiger partial charge in [-0.1, -0.05) is 0 Å². The zero-order chi connectivity index (χ0) is 11.0. The minimum Gasteiger partial charge on any atom is -0.367 e. The van der Waals surface area contributed by atoms with E-state index in [0.29, 0.717) is 11.9 Å². The van der Waals surface area contributed by atoms with Gasteiger partial charge in [0, 0.05) is 12.1 Å². The molecule has 2 aliphatic carbocycles. The summed E-state index contributed by atoms with van der Waals surface area (Å²) >= 11 is 0. The van der Waals surface area contributed by atoms with Gasteiger partial charge in [-0.25, -0.2) is 15.8 Å². The topological polar surface area (TPSA) is 75.9 Å². The van der Waals surface area contributed by atoms with Gasteiger partial charge in [0.1, 0.15) is 18.0 Å². The van der Waals surface area contributed by atoms with Gasteiger partial charge in [0.05, 0.1) is 0 Å². The van der Waals surface area contributed by atoms with E-state index in [1.165, 1.54) is 32.0 Å². The first-order valence-corrected chi connectivity index (χ1v) is 5.92. The van der Waals surface area contributed by atoms with E-state index < -0.39 is 0 Å². The van der Waals surface area contributed by atoms with Gasteiger partial charge in [-0.2, -0.15) is 0 Å². The number of hydrazine groups is 1. The molecule has 1 aromatic heterocycles. The van der Waals surface area contributed by atoms with E-state index >= 15 is 0 Å². The number of nitrogen functional groups attached to an aromatic ring is 1. The second-order valence-electron chi connectivity index (χ2n) is 4.78. The molecular weight excluding hydrogens is 202 g/mol. The van der Waals surface area contributed by atoms with Crippen LogP contribution in [0.5, 0.6) is 0 Å². The molecule has 0 amide bonds. The van der Waals surface area contributed by atoms with Crippen molar-refractivity contribution >= 4 is 11.6 Å². The van der Waals surface area contributed by atoms with E-state index in [9.17, 15) is 0 Å². The Labute approximate surface area is 94.8 Å². The maximum Gasteiger partial charge on any atom is 0.145 e. The lowest BCUT2D eigenvalue weighted by atomic mass is 10.1. The summed E-state index contributed by atoms with van der Waals surface area (Å²) in [5, 5.41) is 3.53. The molecule has 5 heteroatoms. The van der Waals surface area contributed by atoms with Crippen LogP contribution in [-0.2, 0) is 0 Å². The minimum atomic E-state index is 0.612. The van der Waals surface area contributed by atoms with Gasteiger partial charge in [-0.15, -0.1) is 0 Å². The van der Waals surface area contributed by atoms with Crippen molar-refractivity contribution in [3.05, 3.63) is 12.4 Å². The average molecular weight is 219 g/mol. The maximum absolute atomic E-state index is 5.33. The van der Waals surface area contributed by atoms with Crippen LogP contribution >= 0.6 is 0 Å². The predicted octanol–water partition coefficient (Wildman–Crippen LogP) is 1.36. The monoisotopic (exact) mass is 219 g/mol. The molecule has 5 nitrogen and oxygen atoms in total. The maximum atomic E-state index is 5.33. The van der Waals surface area contributed by atoms with Crippen LogP contribution in [0.3, 0.4) is 0 Å². The van der Waals surface area contributed by atoms with Gasteiger partial charge in [0.25, 0.3) is 0 Å². The highest BCUT2D eigenvalue weighted by Gasteiger charge is 2.41. The van der Waals surface area contributed by atoms with E-state index in [1.54, 1.807) is 0 Å². The SMILES string of the molecule is NNc1cc(NC(C2CC2)C2CC2)ncn1. The highest BCUT2D eigenvalue weighted by molar-refractivity contribution is 5.46. The lowest BCUT2D eigenvalue weighted by Crippen LogP contribution is -2.25. The summed E-state index contributed by atoms with van der Waals surface area (Å²) in [7, 11) is 0. The zero-order valence-corrected chi connectivity index (χ0v) is 9.19. The third kappa shape index (κ3) is 2.09. The van der Waals surface area contributed by atoms with Crippen molar-refractivity contribution in [3.8, 4) is 0 Å². The number of hydrogen-bond acceptors (Lipinski definition) is 5. The molecule has 1 aromatic rings. The molecule has 0 bridgehead atoms. The number of nitrogens with two attached hydrogens (primary N) is 1. The molecule has 3 rings (SSSR count). The Hall–Kier alpha value is -1.36. The number of nitrogens with zero attached hydrogens (tertiary/aromatic N) is 2. The summed E-state index contributed by atoms with van der Waals surface area (Å²) in [5.41, 5.74) is 2.54. The third-order valence-electron chi connectivity index (χ3n) is 3.39. The van der Waals surface area contributed by atoms with Gasteiger partial charge in [0.15, 0.2) is 0 Å². The van der Waals surface area contributed by atoms with Crippen LogP contribution in [0.25, 0.3) is 0 Å². The molecular formula is C11H17N5. The molecule has 2 saturated carbocycles. The van der Waals surface area contributed by atoms with Crippen molar-refractivity contribution in [1.82, 2.24) is 9.97 Å². The largest absolute Gasteiger partial charge is 0.367 e. The first kappa shape index (κ1) is 9.84. The number of nitrogens with one attached hydrogen (secondary N) is 2. The number of aromatic nitrogens is 2. The fourth-order valence-corrected chi connectivity index (χ4v) is 2.22.